The number of carbonyl (C=O) groups excluding carboxylic acids is 2. The summed E-state index contributed by atoms with van der Waals surface area (Å²) >= 11 is 1.09. The molecular weight excluding hydrogens is 466 g/mol. The molecule has 0 aliphatic carbocycles. The van der Waals surface area contributed by atoms with Gasteiger partial charge in [0, 0.05) is 25.6 Å². The van der Waals surface area contributed by atoms with E-state index in [1.165, 1.54) is 12.1 Å². The number of methoxy groups -OCH3 is 1. The van der Waals surface area contributed by atoms with Crippen LogP contribution >= 0.6 is 11.8 Å². The fraction of sp³-hybridized carbons (Fsp3) is 0.273. The van der Waals surface area contributed by atoms with E-state index in [9.17, 15) is 18.4 Å². The van der Waals surface area contributed by atoms with Crippen LogP contribution in [-0.4, -0.2) is 47.7 Å². The first-order valence-electron chi connectivity index (χ1n) is 10.2. The molecule has 1 unspecified atom stereocenters. The summed E-state index contributed by atoms with van der Waals surface area (Å²) in [5.74, 6) is -2.01. The number of amides is 3. The number of rotatable bonds is 7. The number of guanidine groups is 1. The van der Waals surface area contributed by atoms with Crippen molar-refractivity contribution in [3.63, 3.8) is 0 Å². The van der Waals surface area contributed by atoms with Crippen LogP contribution in [0.4, 0.5) is 13.6 Å². The summed E-state index contributed by atoms with van der Waals surface area (Å²) in [6.45, 7) is 1.61. The molecule has 9 nitrogen and oxygen atoms in total. The van der Waals surface area contributed by atoms with Gasteiger partial charge in [0.25, 0.3) is 5.91 Å². The van der Waals surface area contributed by atoms with E-state index in [2.05, 4.69) is 15.4 Å². The molecule has 5 N–H and O–H groups in total. The molecule has 12 heteroatoms. The average Bonchev–Trinajstić information content (AvgIpc) is 3.20. The van der Waals surface area contributed by atoms with Gasteiger partial charge in [-0.25, -0.2) is 18.6 Å². The largest absolute Gasteiger partial charge is 0.372 e. The zero-order chi connectivity index (χ0) is 24.9. The molecule has 1 aliphatic rings. The van der Waals surface area contributed by atoms with Crippen molar-refractivity contribution in [2.75, 3.05) is 13.7 Å². The molecule has 2 aromatic rings. The van der Waals surface area contributed by atoms with E-state index in [1.54, 1.807) is 31.2 Å². The predicted molar refractivity (Wildman–Crippen MR) is 126 cm³/mol. The number of nitrogens with one attached hydrogen (secondary N) is 1. The molecule has 34 heavy (non-hydrogen) atoms. The molecule has 0 saturated carbocycles. The number of urea groups is 1. The van der Waals surface area contributed by atoms with Crippen LogP contribution in [0.5, 0.6) is 0 Å². The third-order valence-electron chi connectivity index (χ3n) is 5.08. The van der Waals surface area contributed by atoms with Crippen LogP contribution in [0.25, 0.3) is 0 Å². The van der Waals surface area contributed by atoms with Gasteiger partial charge in [0.2, 0.25) is 0 Å². The van der Waals surface area contributed by atoms with E-state index in [-0.39, 0.29) is 29.5 Å². The Hall–Kier alpha value is -3.51. The molecule has 1 aliphatic heterocycles. The Morgan fingerprint density at radius 2 is 1.94 bits per heavy atom. The molecule has 180 valence electrons. The lowest BCUT2D eigenvalue weighted by Crippen LogP contribution is -2.46. The third-order valence-corrected chi connectivity index (χ3v) is 6.52. The molecule has 0 radical (unpaired) electrons. The van der Waals surface area contributed by atoms with Gasteiger partial charge in [-0.05, 0) is 30.7 Å². The van der Waals surface area contributed by atoms with Crippen LogP contribution < -0.4 is 16.8 Å². The second-order valence-electron chi connectivity index (χ2n) is 7.32. The number of carbonyl (C=O) groups is 2. The molecule has 3 rings (SSSR count). The van der Waals surface area contributed by atoms with E-state index in [0.29, 0.717) is 5.56 Å². The fourth-order valence-corrected chi connectivity index (χ4v) is 4.71. The average molecular weight is 491 g/mol. The van der Waals surface area contributed by atoms with Crippen molar-refractivity contribution in [3.05, 3.63) is 71.3 Å². The van der Waals surface area contributed by atoms with Crippen LogP contribution in [-0.2, 0) is 14.4 Å². The van der Waals surface area contributed by atoms with Gasteiger partial charge in [0.05, 0.1) is 0 Å². The highest BCUT2D eigenvalue weighted by atomic mass is 32.2. The van der Waals surface area contributed by atoms with Crippen molar-refractivity contribution in [3.8, 4) is 0 Å². The second kappa shape index (κ2) is 10.6. The van der Waals surface area contributed by atoms with Crippen molar-refractivity contribution in [2.24, 2.45) is 21.6 Å². The van der Waals surface area contributed by atoms with Crippen molar-refractivity contribution in [2.45, 2.75) is 24.3 Å². The van der Waals surface area contributed by atoms with Gasteiger partial charge in [0.15, 0.2) is 5.96 Å². The van der Waals surface area contributed by atoms with Crippen LogP contribution in [0.3, 0.4) is 0 Å². The number of nitrogens with two attached hydrogens (primary N) is 2. The van der Waals surface area contributed by atoms with E-state index in [0.717, 1.165) is 30.0 Å². The molecule has 0 fully saturated rings. The number of benzene rings is 2. The summed E-state index contributed by atoms with van der Waals surface area (Å²) in [7, 11) is 1.38. The van der Waals surface area contributed by atoms with Crippen LogP contribution in [0.2, 0.25) is 0 Å². The predicted octanol–water partition coefficient (Wildman–Crippen LogP) is 2.46. The minimum atomic E-state index is -1.18. The molecule has 0 spiro atoms. The maximum atomic E-state index is 14.6. The smallest absolute Gasteiger partial charge is 0.318 e. The lowest BCUT2D eigenvalue weighted by atomic mass is 10.0. The number of primary amides is 1. The minimum Gasteiger partial charge on any atom is -0.372 e. The molecule has 0 saturated heterocycles. The van der Waals surface area contributed by atoms with Gasteiger partial charge in [-0.15, -0.1) is 0 Å². The topological polar surface area (TPSA) is 135 Å². The molecular formula is C22H24F2N6O3S. The Morgan fingerprint density at radius 1 is 1.24 bits per heavy atom. The van der Waals surface area contributed by atoms with Crippen molar-refractivity contribution in [1.82, 2.24) is 10.3 Å². The lowest BCUT2D eigenvalue weighted by Gasteiger charge is -2.36. The Morgan fingerprint density at radius 3 is 2.59 bits per heavy atom. The highest BCUT2D eigenvalue weighted by Crippen LogP contribution is 2.50. The van der Waals surface area contributed by atoms with E-state index in [1.807, 2.05) is 6.07 Å². The zero-order valence-electron chi connectivity index (χ0n) is 18.5. The van der Waals surface area contributed by atoms with Crippen molar-refractivity contribution in [1.29, 1.82) is 0 Å². The Balaban J connectivity index is 2.10. The van der Waals surface area contributed by atoms with Gasteiger partial charge in [0.1, 0.15) is 27.7 Å². The van der Waals surface area contributed by atoms with E-state index < -0.39 is 34.5 Å². The van der Waals surface area contributed by atoms with Gasteiger partial charge in [-0.3, -0.25) is 15.1 Å². The second-order valence-corrected chi connectivity index (χ2v) is 8.58. The minimum absolute atomic E-state index is 0.0492. The van der Waals surface area contributed by atoms with Crippen LogP contribution in [0.15, 0.2) is 58.6 Å². The first kappa shape index (κ1) is 25.1. The van der Waals surface area contributed by atoms with Gasteiger partial charge >= 0.3 is 6.03 Å². The maximum absolute atomic E-state index is 14.6. The third kappa shape index (κ3) is 5.34. The number of hydrazone groups is 1. The molecule has 2 atom stereocenters. The summed E-state index contributed by atoms with van der Waals surface area (Å²) < 4.78 is 33.8. The molecule has 0 aromatic heterocycles. The van der Waals surface area contributed by atoms with Crippen LogP contribution in [0, 0.1) is 11.6 Å². The number of halogens is 2. The molecule has 0 bridgehead atoms. The Labute approximate surface area is 199 Å². The fourth-order valence-electron chi connectivity index (χ4n) is 3.34. The van der Waals surface area contributed by atoms with Gasteiger partial charge in [-0.1, -0.05) is 42.1 Å². The highest BCUT2D eigenvalue weighted by molar-refractivity contribution is 8.15. The summed E-state index contributed by atoms with van der Waals surface area (Å²) in [5.41, 5.74) is 11.3. The lowest BCUT2D eigenvalue weighted by molar-refractivity contribution is -0.144. The summed E-state index contributed by atoms with van der Waals surface area (Å²) in [6.07, 6.45) is -0.705. The monoisotopic (exact) mass is 490 g/mol. The summed E-state index contributed by atoms with van der Waals surface area (Å²) in [6, 6.07) is 11.1. The van der Waals surface area contributed by atoms with E-state index >= 15 is 0 Å². The number of ether oxygens (including phenoxy) is 1. The highest BCUT2D eigenvalue weighted by Gasteiger charge is 2.49. The number of hydrogen-bond acceptors (Lipinski definition) is 6. The number of thioether (sulfide) groups is 1. The molecule has 1 heterocycles. The first-order valence-corrected chi connectivity index (χ1v) is 11.0. The van der Waals surface area contributed by atoms with Crippen molar-refractivity contribution < 1.29 is 23.1 Å². The van der Waals surface area contributed by atoms with Crippen LogP contribution in [0.1, 0.15) is 24.5 Å². The summed E-state index contributed by atoms with van der Waals surface area (Å²) in [5, 5.41) is 7.91. The van der Waals surface area contributed by atoms with Gasteiger partial charge < -0.3 is 16.2 Å². The zero-order valence-corrected chi connectivity index (χ0v) is 19.3. The number of nitrogens with zero attached hydrogens (tertiary/aromatic N) is 3. The first-order chi connectivity index (χ1) is 16.2. The maximum Gasteiger partial charge on any atom is 0.318 e. The standard InChI is InChI=1S/C22H24F2N6O3S/c1-13(33-2)19(31)30-22(14-6-4-3-5-7-14,10-11-27-20(25)28-21(26)32)34-18(29-30)16-12-15(23)8-9-17(16)24/h3-9,12-13H,10-11H2,1-2H3,(H5,25,26,27,28,32)/t13-,22?/m0/s1. The number of aliphatic imine (C=N–C) groups is 1. The van der Waals surface area contributed by atoms with Gasteiger partial charge in [-0.2, -0.15) is 5.10 Å². The number of hydrogen-bond donors (Lipinski definition) is 3. The van der Waals surface area contributed by atoms with E-state index in [4.69, 9.17) is 16.2 Å². The molecule has 3 amide bonds. The summed E-state index contributed by atoms with van der Waals surface area (Å²) in [4.78, 5) is 27.2. The SMILES string of the molecule is CO[C@@H](C)C(=O)N1N=C(c2cc(F)ccc2F)SC1(CCN=C(N)NC(N)=O)c1ccccc1. The quantitative estimate of drug-likeness (QED) is 0.405. The Kier molecular flexibility index (Phi) is 7.84. The normalized spacial score (nSPS) is 19.0. The molecule has 2 aromatic carbocycles. The Bertz CT molecular complexity index is 1130. The van der Waals surface area contributed by atoms with Crippen molar-refractivity contribution >= 4 is 34.7 Å².